The van der Waals surface area contributed by atoms with E-state index in [1.54, 1.807) is 4.90 Å². The Kier molecular flexibility index (Phi) is 9.18. The Labute approximate surface area is 255 Å². The second-order valence-corrected chi connectivity index (χ2v) is 11.3. The molecule has 0 radical (unpaired) electrons. The molecule has 5 rings (SSSR count). The van der Waals surface area contributed by atoms with Crippen molar-refractivity contribution in [3.05, 3.63) is 63.1 Å². The van der Waals surface area contributed by atoms with Crippen molar-refractivity contribution in [2.75, 3.05) is 43.5 Å². The first-order chi connectivity index (χ1) is 21.1. The number of ether oxygens (including phenoxy) is 4. The molecule has 2 fully saturated rings. The molecule has 2 N–H and O–H groups in total. The number of hydrogen-bond acceptors (Lipinski definition) is 9. The van der Waals surface area contributed by atoms with E-state index in [0.717, 1.165) is 63.4 Å². The van der Waals surface area contributed by atoms with Crippen molar-refractivity contribution in [1.29, 1.82) is 0 Å². The van der Waals surface area contributed by atoms with Gasteiger partial charge in [-0.05, 0) is 49.8 Å². The van der Waals surface area contributed by atoms with Crippen molar-refractivity contribution < 1.29 is 46.5 Å². The molecule has 2 saturated carbocycles. The molecule has 2 amide bonds. The third kappa shape index (κ3) is 6.69. The zero-order valence-electron chi connectivity index (χ0n) is 24.1. The number of urea groups is 1. The lowest BCUT2D eigenvalue weighted by Crippen LogP contribution is -2.27. The molecule has 2 aliphatic rings. The van der Waals surface area contributed by atoms with Gasteiger partial charge >= 0.3 is 18.0 Å². The predicted molar refractivity (Wildman–Crippen MR) is 156 cm³/mol. The number of carbonyl (C=O) groups excluding carboxylic acids is 3. The van der Waals surface area contributed by atoms with Crippen molar-refractivity contribution in [3.8, 4) is 11.5 Å². The van der Waals surface area contributed by atoms with Gasteiger partial charge in [-0.3, -0.25) is 0 Å². The Bertz CT molecular complexity index is 1590. The highest BCUT2D eigenvalue weighted by molar-refractivity contribution is 7.13. The summed E-state index contributed by atoms with van der Waals surface area (Å²) in [6, 6.07) is 3.83. The fourth-order valence-corrected chi connectivity index (χ4v) is 5.52. The minimum atomic E-state index is -1.04. The number of rotatable bonds is 12. The molecular weight excluding hydrogens is 603 g/mol. The van der Waals surface area contributed by atoms with E-state index in [2.05, 4.69) is 10.6 Å². The number of methoxy groups -OCH3 is 3. The third-order valence-corrected chi connectivity index (χ3v) is 8.23. The van der Waals surface area contributed by atoms with E-state index in [-0.39, 0.29) is 51.5 Å². The summed E-state index contributed by atoms with van der Waals surface area (Å²) in [6.07, 6.45) is 3.53. The molecule has 0 saturated heterocycles. The number of thiophene rings is 1. The van der Waals surface area contributed by atoms with Crippen molar-refractivity contribution >= 4 is 46.4 Å². The van der Waals surface area contributed by atoms with Crippen LogP contribution < -0.4 is 25.0 Å². The molecule has 1 aromatic heterocycles. The SMILES string of the molecule is COC(=O)c1scc(NC(=O)Nc2cc(N(Cc3c(OCC4CC4)ccc(F)c3F)C3CC3)c(OC)cc2F)c1C(=O)OC. The second kappa shape index (κ2) is 13.0. The van der Waals surface area contributed by atoms with Gasteiger partial charge in [-0.1, -0.05) is 0 Å². The number of halogens is 3. The van der Waals surface area contributed by atoms with Crippen LogP contribution in [-0.2, 0) is 16.0 Å². The van der Waals surface area contributed by atoms with Crippen LogP contribution in [0, 0.1) is 23.4 Å². The maximum atomic E-state index is 15.2. The zero-order chi connectivity index (χ0) is 31.5. The van der Waals surface area contributed by atoms with Crippen LogP contribution in [0.2, 0.25) is 0 Å². The molecule has 234 valence electrons. The fraction of sp³-hybridized carbons (Fsp3) is 0.367. The van der Waals surface area contributed by atoms with Crippen molar-refractivity contribution in [1.82, 2.24) is 0 Å². The van der Waals surface area contributed by atoms with Crippen LogP contribution >= 0.6 is 11.3 Å². The summed E-state index contributed by atoms with van der Waals surface area (Å²) in [7, 11) is 3.60. The summed E-state index contributed by atoms with van der Waals surface area (Å²) < 4.78 is 65.4. The van der Waals surface area contributed by atoms with E-state index >= 15 is 8.78 Å². The summed E-state index contributed by atoms with van der Waals surface area (Å²) in [6.45, 7) is 0.295. The van der Waals surface area contributed by atoms with E-state index < -0.39 is 35.4 Å². The molecule has 14 heteroatoms. The summed E-state index contributed by atoms with van der Waals surface area (Å²) in [5, 5.41) is 6.19. The van der Waals surface area contributed by atoms with Crippen LogP contribution in [0.3, 0.4) is 0 Å². The van der Waals surface area contributed by atoms with Gasteiger partial charge in [-0.15, -0.1) is 11.3 Å². The molecule has 2 aliphatic carbocycles. The topological polar surface area (TPSA) is 115 Å². The standard InChI is InChI=1S/C30H30F3N3O7S/c1-40-24-10-19(32)20(34-30(39)35-21-14-44-27(29(38)42-3)25(21)28(37)41-2)11-22(24)36(16-6-7-16)12-17-23(43-13-15-4-5-15)9-8-18(31)26(17)33/h8-11,14-16H,4-7,12-13H2,1-3H3,(H2,34,35,39). The van der Waals surface area contributed by atoms with Crippen molar-refractivity contribution in [2.45, 2.75) is 38.3 Å². The third-order valence-electron chi connectivity index (χ3n) is 7.27. The van der Waals surface area contributed by atoms with Gasteiger partial charge in [0.25, 0.3) is 0 Å². The first-order valence-corrected chi connectivity index (χ1v) is 14.6. The Hall–Kier alpha value is -4.46. The molecular formula is C30H30F3N3O7S. The van der Waals surface area contributed by atoms with Gasteiger partial charge < -0.3 is 34.5 Å². The summed E-state index contributed by atoms with van der Waals surface area (Å²) >= 11 is 0.855. The Morgan fingerprint density at radius 1 is 0.909 bits per heavy atom. The molecule has 0 spiro atoms. The van der Waals surface area contributed by atoms with Crippen LogP contribution in [0.4, 0.5) is 35.0 Å². The molecule has 0 aliphatic heterocycles. The average Bonchev–Trinajstić information content (AvgIpc) is 3.96. The number of carbonyl (C=O) groups is 3. The highest BCUT2D eigenvalue weighted by Crippen LogP contribution is 2.42. The normalized spacial score (nSPS) is 14.0. The number of benzene rings is 2. The molecule has 44 heavy (non-hydrogen) atoms. The van der Waals surface area contributed by atoms with Crippen LogP contribution in [0.5, 0.6) is 11.5 Å². The van der Waals surface area contributed by atoms with Crippen LogP contribution in [0.1, 0.15) is 51.3 Å². The minimum absolute atomic E-state index is 0.0189. The highest BCUT2D eigenvalue weighted by Gasteiger charge is 2.34. The maximum Gasteiger partial charge on any atom is 0.349 e. The number of hydrogen-bond donors (Lipinski definition) is 2. The quantitative estimate of drug-likeness (QED) is 0.222. The predicted octanol–water partition coefficient (Wildman–Crippen LogP) is 6.35. The van der Waals surface area contributed by atoms with Gasteiger partial charge in [-0.25, -0.2) is 27.6 Å². The second-order valence-electron chi connectivity index (χ2n) is 10.4. The van der Waals surface area contributed by atoms with Crippen molar-refractivity contribution in [2.24, 2.45) is 5.92 Å². The molecule has 2 aromatic carbocycles. The average molecular weight is 634 g/mol. The van der Waals surface area contributed by atoms with Crippen LogP contribution in [-0.4, -0.2) is 51.9 Å². The lowest BCUT2D eigenvalue weighted by molar-refractivity contribution is 0.0561. The van der Waals surface area contributed by atoms with E-state index in [1.165, 1.54) is 24.6 Å². The van der Waals surface area contributed by atoms with Gasteiger partial charge in [0.15, 0.2) is 17.5 Å². The van der Waals surface area contributed by atoms with Gasteiger partial charge in [0.1, 0.15) is 21.9 Å². The van der Waals surface area contributed by atoms with E-state index in [0.29, 0.717) is 18.2 Å². The maximum absolute atomic E-state index is 15.2. The summed E-state index contributed by atoms with van der Waals surface area (Å²) in [5.41, 5.74) is -0.162. The molecule has 3 aromatic rings. The minimum Gasteiger partial charge on any atom is -0.494 e. The lowest BCUT2D eigenvalue weighted by atomic mass is 10.1. The van der Waals surface area contributed by atoms with Gasteiger partial charge in [0.05, 0.1) is 57.1 Å². The molecule has 0 unspecified atom stereocenters. The summed E-state index contributed by atoms with van der Waals surface area (Å²) in [4.78, 5) is 39.1. The zero-order valence-corrected chi connectivity index (χ0v) is 24.9. The lowest BCUT2D eigenvalue weighted by Gasteiger charge is -2.28. The largest absolute Gasteiger partial charge is 0.494 e. The van der Waals surface area contributed by atoms with Gasteiger partial charge in [0.2, 0.25) is 0 Å². The van der Waals surface area contributed by atoms with Crippen molar-refractivity contribution in [3.63, 3.8) is 0 Å². The molecule has 1 heterocycles. The van der Waals surface area contributed by atoms with Crippen LogP contribution in [0.25, 0.3) is 0 Å². The fourth-order valence-electron chi connectivity index (χ4n) is 4.62. The number of esters is 2. The van der Waals surface area contributed by atoms with E-state index in [1.807, 2.05) is 0 Å². The number of amides is 2. The summed E-state index contributed by atoms with van der Waals surface area (Å²) in [5.74, 6) is -3.85. The number of anilines is 3. The molecule has 0 bridgehead atoms. The first kappa shape index (κ1) is 31.0. The van der Waals surface area contributed by atoms with Gasteiger partial charge in [-0.2, -0.15) is 0 Å². The number of nitrogens with zero attached hydrogens (tertiary/aromatic N) is 1. The smallest absolute Gasteiger partial charge is 0.349 e. The Balaban J connectivity index is 1.43. The Morgan fingerprint density at radius 2 is 1.61 bits per heavy atom. The molecule has 10 nitrogen and oxygen atoms in total. The number of nitrogens with one attached hydrogen (secondary N) is 2. The van der Waals surface area contributed by atoms with E-state index in [9.17, 15) is 18.8 Å². The molecule has 0 atom stereocenters. The van der Waals surface area contributed by atoms with Crippen LogP contribution in [0.15, 0.2) is 29.6 Å². The monoisotopic (exact) mass is 633 g/mol. The highest BCUT2D eigenvalue weighted by atomic mass is 32.1. The van der Waals surface area contributed by atoms with Gasteiger partial charge in [0, 0.05) is 17.5 Å². The van der Waals surface area contributed by atoms with E-state index in [4.69, 9.17) is 18.9 Å². The first-order valence-electron chi connectivity index (χ1n) is 13.7. The Morgan fingerprint density at radius 3 is 2.25 bits per heavy atom.